The van der Waals surface area contributed by atoms with Gasteiger partial charge in [0, 0.05) is 25.2 Å². The monoisotopic (exact) mass is 368 g/mol. The van der Waals surface area contributed by atoms with Gasteiger partial charge in [0.1, 0.15) is 6.04 Å². The minimum absolute atomic E-state index is 0.0339. The molecule has 27 heavy (non-hydrogen) atoms. The van der Waals surface area contributed by atoms with Gasteiger partial charge in [-0.25, -0.2) is 4.98 Å². The van der Waals surface area contributed by atoms with Crippen LogP contribution < -0.4 is 0 Å². The second-order valence-corrected chi connectivity index (χ2v) is 7.52. The highest BCUT2D eigenvalue weighted by atomic mass is 16.5. The summed E-state index contributed by atoms with van der Waals surface area (Å²) < 4.78 is 7.21. The molecule has 1 atom stereocenters. The van der Waals surface area contributed by atoms with Crippen molar-refractivity contribution >= 4 is 16.9 Å². The van der Waals surface area contributed by atoms with Gasteiger partial charge < -0.3 is 9.42 Å². The summed E-state index contributed by atoms with van der Waals surface area (Å²) in [5, 5.41) is 9.32. The third kappa shape index (κ3) is 2.89. The van der Waals surface area contributed by atoms with Crippen molar-refractivity contribution in [3.8, 4) is 0 Å². The van der Waals surface area contributed by atoms with Crippen molar-refractivity contribution in [3.63, 3.8) is 0 Å². The number of fused-ring (bicyclic) bond motifs is 1. The molecule has 8 nitrogen and oxygen atoms in total. The van der Waals surface area contributed by atoms with Crippen LogP contribution in [0.1, 0.15) is 72.1 Å². The first-order valence-electron chi connectivity index (χ1n) is 9.32. The number of amides is 1. The molecule has 3 aromatic heterocycles. The van der Waals surface area contributed by atoms with Gasteiger partial charge in [-0.3, -0.25) is 9.48 Å². The molecule has 0 radical (unpaired) electrons. The first-order valence-corrected chi connectivity index (χ1v) is 9.32. The number of pyridine rings is 1. The lowest BCUT2D eigenvalue weighted by molar-refractivity contribution is 0.0712. The fourth-order valence-electron chi connectivity index (χ4n) is 3.78. The Hall–Kier alpha value is -2.77. The normalized spacial score (nSPS) is 17.4. The predicted molar refractivity (Wildman–Crippen MR) is 99.4 cm³/mol. The molecule has 0 spiro atoms. The number of nitrogens with zero attached hydrogens (tertiary/aromatic N) is 6. The average molecular weight is 368 g/mol. The van der Waals surface area contributed by atoms with E-state index in [-0.39, 0.29) is 17.9 Å². The quantitative estimate of drug-likeness (QED) is 0.706. The Labute approximate surface area is 157 Å². The first-order chi connectivity index (χ1) is 12.9. The maximum absolute atomic E-state index is 13.5. The lowest BCUT2D eigenvalue weighted by Gasteiger charge is -2.22. The number of hydrogen-bond acceptors (Lipinski definition) is 6. The molecule has 3 aromatic rings. The highest BCUT2D eigenvalue weighted by Gasteiger charge is 2.36. The minimum atomic E-state index is -0.182. The van der Waals surface area contributed by atoms with Crippen molar-refractivity contribution in [1.82, 2.24) is 29.8 Å². The standard InChI is InChI=1S/C19H24N6O2/c1-10(2)16-21-18(27-23-16)14-7-6-8-25(14)19(26)13-9-11(3)20-17-15(13)12(4)22-24(17)5/h9-10,14H,6-8H2,1-5H3/t14-/m1/s1. The first kappa shape index (κ1) is 17.6. The van der Waals surface area contributed by atoms with E-state index >= 15 is 0 Å². The summed E-state index contributed by atoms with van der Waals surface area (Å²) in [5.41, 5.74) is 2.97. The third-order valence-corrected chi connectivity index (χ3v) is 5.10. The largest absolute Gasteiger partial charge is 0.337 e. The molecule has 0 unspecified atom stereocenters. The van der Waals surface area contributed by atoms with Gasteiger partial charge in [-0.1, -0.05) is 19.0 Å². The Morgan fingerprint density at radius 3 is 2.78 bits per heavy atom. The van der Waals surface area contributed by atoms with E-state index < -0.39 is 0 Å². The SMILES string of the molecule is Cc1cc(C(=O)N2CCC[C@@H]2c2nc(C(C)C)no2)c2c(C)nn(C)c2n1. The lowest BCUT2D eigenvalue weighted by atomic mass is 10.1. The molecule has 0 aromatic carbocycles. The van der Waals surface area contributed by atoms with Gasteiger partial charge in [0.2, 0.25) is 5.89 Å². The maximum Gasteiger partial charge on any atom is 0.255 e. The van der Waals surface area contributed by atoms with Gasteiger partial charge in [0.25, 0.3) is 5.91 Å². The Bertz CT molecular complexity index is 1020. The van der Waals surface area contributed by atoms with E-state index in [1.807, 2.05) is 45.7 Å². The van der Waals surface area contributed by atoms with Crippen molar-refractivity contribution in [2.24, 2.45) is 7.05 Å². The summed E-state index contributed by atoms with van der Waals surface area (Å²) in [5.74, 6) is 1.35. The lowest BCUT2D eigenvalue weighted by Crippen LogP contribution is -2.31. The van der Waals surface area contributed by atoms with Crippen LogP contribution in [-0.2, 0) is 7.05 Å². The Balaban J connectivity index is 1.74. The fraction of sp³-hybridized carbons (Fsp3) is 0.526. The molecule has 1 fully saturated rings. The summed E-state index contributed by atoms with van der Waals surface area (Å²) in [6.45, 7) is 8.52. The second-order valence-electron chi connectivity index (χ2n) is 7.52. The summed E-state index contributed by atoms with van der Waals surface area (Å²) in [6, 6.07) is 1.67. The fourth-order valence-corrected chi connectivity index (χ4v) is 3.78. The summed E-state index contributed by atoms with van der Waals surface area (Å²) in [7, 11) is 1.85. The number of carbonyl (C=O) groups excluding carboxylic acids is 1. The molecule has 0 N–H and O–H groups in total. The molecule has 0 saturated carbocycles. The van der Waals surface area contributed by atoms with E-state index in [0.29, 0.717) is 23.8 Å². The van der Waals surface area contributed by atoms with Gasteiger partial charge in [-0.05, 0) is 32.8 Å². The third-order valence-electron chi connectivity index (χ3n) is 5.10. The highest BCUT2D eigenvalue weighted by molar-refractivity contribution is 6.06. The number of carbonyl (C=O) groups is 1. The number of likely N-dealkylation sites (tertiary alicyclic amines) is 1. The van der Waals surface area contributed by atoms with Crippen LogP contribution in [0.25, 0.3) is 11.0 Å². The maximum atomic E-state index is 13.5. The van der Waals surface area contributed by atoms with Crippen LogP contribution in [0.5, 0.6) is 0 Å². The van der Waals surface area contributed by atoms with E-state index in [4.69, 9.17) is 4.52 Å². The Morgan fingerprint density at radius 1 is 1.30 bits per heavy atom. The van der Waals surface area contributed by atoms with Crippen LogP contribution in [0.4, 0.5) is 0 Å². The zero-order valence-corrected chi connectivity index (χ0v) is 16.4. The van der Waals surface area contributed by atoms with Crippen LogP contribution in [0.3, 0.4) is 0 Å². The summed E-state index contributed by atoms with van der Waals surface area (Å²) >= 11 is 0. The van der Waals surface area contributed by atoms with Gasteiger partial charge in [-0.2, -0.15) is 10.1 Å². The predicted octanol–water partition coefficient (Wildman–Crippen LogP) is 3.07. The van der Waals surface area contributed by atoms with Crippen LogP contribution in [0.15, 0.2) is 10.6 Å². The average Bonchev–Trinajstić information content (AvgIpc) is 3.33. The van der Waals surface area contributed by atoms with Crippen LogP contribution >= 0.6 is 0 Å². The van der Waals surface area contributed by atoms with Crippen molar-refractivity contribution in [1.29, 1.82) is 0 Å². The molecule has 0 aliphatic carbocycles. The molecule has 1 saturated heterocycles. The van der Waals surface area contributed by atoms with Crippen molar-refractivity contribution in [3.05, 3.63) is 34.7 Å². The summed E-state index contributed by atoms with van der Waals surface area (Å²) in [6.07, 6.45) is 1.74. The molecule has 1 amide bonds. The number of aryl methyl sites for hydroxylation is 3. The van der Waals surface area contributed by atoms with Crippen LogP contribution in [0, 0.1) is 13.8 Å². The zero-order valence-electron chi connectivity index (χ0n) is 16.4. The summed E-state index contributed by atoms with van der Waals surface area (Å²) in [4.78, 5) is 24.4. The van der Waals surface area contributed by atoms with E-state index in [1.165, 1.54) is 0 Å². The van der Waals surface area contributed by atoms with Crippen molar-refractivity contribution in [2.75, 3.05) is 6.54 Å². The molecular formula is C19H24N6O2. The van der Waals surface area contributed by atoms with E-state index in [2.05, 4.69) is 20.2 Å². The van der Waals surface area contributed by atoms with Crippen molar-refractivity contribution < 1.29 is 9.32 Å². The van der Waals surface area contributed by atoms with E-state index in [1.54, 1.807) is 4.68 Å². The highest BCUT2D eigenvalue weighted by Crippen LogP contribution is 2.34. The van der Waals surface area contributed by atoms with Crippen LogP contribution in [0.2, 0.25) is 0 Å². The zero-order chi connectivity index (χ0) is 19.3. The van der Waals surface area contributed by atoms with Gasteiger partial charge in [0.15, 0.2) is 11.5 Å². The van der Waals surface area contributed by atoms with Gasteiger partial charge >= 0.3 is 0 Å². The Morgan fingerprint density at radius 2 is 2.07 bits per heavy atom. The molecule has 1 aliphatic heterocycles. The molecule has 8 heteroatoms. The molecule has 4 rings (SSSR count). The number of hydrogen-bond donors (Lipinski definition) is 0. The molecular weight excluding hydrogens is 344 g/mol. The van der Waals surface area contributed by atoms with Gasteiger partial charge in [-0.15, -0.1) is 0 Å². The Kier molecular flexibility index (Phi) is 4.20. The topological polar surface area (TPSA) is 89.9 Å². The molecule has 0 bridgehead atoms. The molecule has 142 valence electrons. The second kappa shape index (κ2) is 6.44. The minimum Gasteiger partial charge on any atom is -0.337 e. The van der Waals surface area contributed by atoms with Crippen LogP contribution in [-0.4, -0.2) is 42.3 Å². The van der Waals surface area contributed by atoms with E-state index in [0.717, 1.165) is 35.3 Å². The van der Waals surface area contributed by atoms with Gasteiger partial charge in [0.05, 0.1) is 16.6 Å². The number of aromatic nitrogens is 5. The van der Waals surface area contributed by atoms with Crippen molar-refractivity contribution in [2.45, 2.75) is 52.5 Å². The smallest absolute Gasteiger partial charge is 0.255 e. The van der Waals surface area contributed by atoms with E-state index in [9.17, 15) is 4.79 Å². The number of rotatable bonds is 3. The molecule has 1 aliphatic rings. The molecule has 4 heterocycles.